The summed E-state index contributed by atoms with van der Waals surface area (Å²) in [5.74, 6) is 0.382. The highest BCUT2D eigenvalue weighted by molar-refractivity contribution is 5.92. The highest BCUT2D eigenvalue weighted by Crippen LogP contribution is 2.29. The quantitative estimate of drug-likeness (QED) is 0.915. The average molecular weight is 283 g/mol. The summed E-state index contributed by atoms with van der Waals surface area (Å²) < 4.78 is 0. The minimum atomic E-state index is 0.0319. The van der Waals surface area contributed by atoms with E-state index in [0.717, 1.165) is 24.1 Å². The number of nitrogens with one attached hydrogen (secondary N) is 1. The molecule has 110 valence electrons. The van der Waals surface area contributed by atoms with Crippen LogP contribution in [0, 0.1) is 0 Å². The minimum absolute atomic E-state index is 0.0319. The third-order valence-corrected chi connectivity index (χ3v) is 3.88. The van der Waals surface area contributed by atoms with Gasteiger partial charge in [-0.05, 0) is 30.4 Å². The van der Waals surface area contributed by atoms with Crippen molar-refractivity contribution in [1.29, 1.82) is 0 Å². The van der Waals surface area contributed by atoms with Crippen LogP contribution in [-0.2, 0) is 6.54 Å². The number of benzene rings is 1. The summed E-state index contributed by atoms with van der Waals surface area (Å²) >= 11 is 0. The molecule has 21 heavy (non-hydrogen) atoms. The summed E-state index contributed by atoms with van der Waals surface area (Å²) in [5.41, 5.74) is 2.70. The van der Waals surface area contributed by atoms with E-state index in [1.54, 1.807) is 0 Å². The van der Waals surface area contributed by atoms with E-state index in [9.17, 15) is 4.79 Å². The maximum Gasteiger partial charge on any atom is 0.274 e. The summed E-state index contributed by atoms with van der Waals surface area (Å²) in [4.78, 5) is 14.7. The maximum atomic E-state index is 12.7. The van der Waals surface area contributed by atoms with Gasteiger partial charge in [0.1, 0.15) is 5.69 Å². The molecular weight excluding hydrogens is 262 g/mol. The molecule has 1 saturated carbocycles. The first-order valence-corrected chi connectivity index (χ1v) is 7.55. The van der Waals surface area contributed by atoms with Gasteiger partial charge in [-0.3, -0.25) is 9.89 Å². The second-order valence-electron chi connectivity index (χ2n) is 6.01. The molecule has 3 rings (SSSR count). The molecule has 1 fully saturated rings. The fraction of sp³-hybridized carbons (Fsp3) is 0.412. The Kier molecular flexibility index (Phi) is 3.78. The van der Waals surface area contributed by atoms with Crippen molar-refractivity contribution >= 4 is 5.91 Å². The molecule has 4 heteroatoms. The van der Waals surface area contributed by atoms with Gasteiger partial charge in [-0.15, -0.1) is 0 Å². The Hall–Kier alpha value is -2.10. The Morgan fingerprint density at radius 1 is 1.33 bits per heavy atom. The van der Waals surface area contributed by atoms with E-state index in [-0.39, 0.29) is 5.91 Å². The summed E-state index contributed by atoms with van der Waals surface area (Å²) in [6.07, 6.45) is 2.19. The van der Waals surface area contributed by atoms with Crippen LogP contribution in [0.2, 0.25) is 0 Å². The van der Waals surface area contributed by atoms with Crippen molar-refractivity contribution < 1.29 is 4.79 Å². The van der Waals surface area contributed by atoms with Crippen molar-refractivity contribution in [1.82, 2.24) is 15.1 Å². The van der Waals surface area contributed by atoms with Crippen LogP contribution in [0.3, 0.4) is 0 Å². The van der Waals surface area contributed by atoms with E-state index in [1.165, 1.54) is 0 Å². The summed E-state index contributed by atoms with van der Waals surface area (Å²) in [6, 6.07) is 12.4. The van der Waals surface area contributed by atoms with Gasteiger partial charge < -0.3 is 4.90 Å². The third kappa shape index (κ3) is 3.15. The first kappa shape index (κ1) is 13.9. The fourth-order valence-corrected chi connectivity index (χ4v) is 2.42. The lowest BCUT2D eigenvalue weighted by molar-refractivity contribution is 0.0724. The Morgan fingerprint density at radius 2 is 2.05 bits per heavy atom. The molecule has 1 aliphatic carbocycles. The average Bonchev–Trinajstić information content (AvgIpc) is 3.20. The van der Waals surface area contributed by atoms with Gasteiger partial charge in [0.15, 0.2) is 0 Å². The van der Waals surface area contributed by atoms with Gasteiger partial charge in [0.05, 0.1) is 0 Å². The van der Waals surface area contributed by atoms with E-state index in [1.807, 2.05) is 29.2 Å². The maximum absolute atomic E-state index is 12.7. The van der Waals surface area contributed by atoms with E-state index >= 15 is 0 Å². The molecule has 0 atom stereocenters. The normalized spacial score (nSPS) is 14.4. The van der Waals surface area contributed by atoms with Crippen molar-refractivity contribution in [3.63, 3.8) is 0 Å². The lowest BCUT2D eigenvalue weighted by Crippen LogP contribution is -2.32. The van der Waals surface area contributed by atoms with Gasteiger partial charge in [-0.1, -0.05) is 44.2 Å². The monoisotopic (exact) mass is 283 g/mol. The zero-order valence-corrected chi connectivity index (χ0v) is 12.5. The van der Waals surface area contributed by atoms with Crippen LogP contribution in [-0.4, -0.2) is 27.0 Å². The number of carbonyl (C=O) groups is 1. The molecule has 1 N–H and O–H groups in total. The number of rotatable bonds is 5. The molecule has 0 unspecified atom stereocenters. The van der Waals surface area contributed by atoms with Crippen LogP contribution >= 0.6 is 0 Å². The van der Waals surface area contributed by atoms with E-state index < -0.39 is 0 Å². The number of hydrogen-bond donors (Lipinski definition) is 1. The summed E-state index contributed by atoms with van der Waals surface area (Å²) in [7, 11) is 0. The number of hydrogen-bond acceptors (Lipinski definition) is 2. The van der Waals surface area contributed by atoms with E-state index in [0.29, 0.717) is 24.2 Å². The Bertz CT molecular complexity index is 614. The molecule has 1 aromatic carbocycles. The van der Waals surface area contributed by atoms with Gasteiger partial charge in [-0.2, -0.15) is 5.10 Å². The Balaban J connectivity index is 1.78. The highest BCUT2D eigenvalue weighted by Gasteiger charge is 2.34. The van der Waals surface area contributed by atoms with Crippen LogP contribution in [0.5, 0.6) is 0 Å². The molecular formula is C17H21N3O. The molecule has 0 saturated heterocycles. The van der Waals surface area contributed by atoms with Crippen molar-refractivity contribution in [2.45, 2.75) is 45.2 Å². The second kappa shape index (κ2) is 5.72. The largest absolute Gasteiger partial charge is 0.330 e. The summed E-state index contributed by atoms with van der Waals surface area (Å²) in [6.45, 7) is 4.84. The number of amides is 1. The van der Waals surface area contributed by atoms with Crippen molar-refractivity contribution in [3.05, 3.63) is 53.3 Å². The third-order valence-electron chi connectivity index (χ3n) is 3.88. The summed E-state index contributed by atoms with van der Waals surface area (Å²) in [5, 5.41) is 7.16. The van der Waals surface area contributed by atoms with Crippen molar-refractivity contribution in [3.8, 4) is 0 Å². The lowest BCUT2D eigenvalue weighted by atomic mass is 10.1. The topological polar surface area (TPSA) is 49.0 Å². The molecule has 1 aromatic heterocycles. The van der Waals surface area contributed by atoms with E-state index in [4.69, 9.17) is 0 Å². The Labute approximate surface area is 125 Å². The van der Waals surface area contributed by atoms with Gasteiger partial charge in [0.25, 0.3) is 5.91 Å². The number of aromatic nitrogens is 2. The predicted octanol–water partition coefficient (Wildman–Crippen LogP) is 3.34. The Morgan fingerprint density at radius 3 is 2.62 bits per heavy atom. The second-order valence-corrected chi connectivity index (χ2v) is 6.01. The highest BCUT2D eigenvalue weighted by atomic mass is 16.2. The number of H-pyrrole nitrogens is 1. The standard InChI is InChI=1S/C17H21N3O/c1-12(2)15-10-16(19-18-15)17(21)20(14-8-9-14)11-13-6-4-3-5-7-13/h3-7,10,12,14H,8-9,11H2,1-2H3,(H,18,19). The number of aromatic amines is 1. The molecule has 0 radical (unpaired) electrons. The molecule has 1 heterocycles. The molecule has 1 amide bonds. The van der Waals surface area contributed by atoms with Gasteiger partial charge in [-0.25, -0.2) is 0 Å². The molecule has 2 aromatic rings. The first-order chi connectivity index (χ1) is 10.1. The predicted molar refractivity (Wildman–Crippen MR) is 82.0 cm³/mol. The van der Waals surface area contributed by atoms with E-state index in [2.05, 4.69) is 36.2 Å². The van der Waals surface area contributed by atoms with Gasteiger partial charge >= 0.3 is 0 Å². The van der Waals surface area contributed by atoms with Crippen LogP contribution < -0.4 is 0 Å². The number of nitrogens with zero attached hydrogens (tertiary/aromatic N) is 2. The molecule has 0 aliphatic heterocycles. The van der Waals surface area contributed by atoms with Gasteiger partial charge in [0, 0.05) is 18.3 Å². The zero-order valence-electron chi connectivity index (χ0n) is 12.5. The molecule has 4 nitrogen and oxygen atoms in total. The molecule has 0 spiro atoms. The van der Waals surface area contributed by atoms with Crippen LogP contribution in [0.1, 0.15) is 54.4 Å². The number of carbonyl (C=O) groups excluding carboxylic acids is 1. The van der Waals surface area contributed by atoms with Crippen molar-refractivity contribution in [2.24, 2.45) is 0 Å². The molecule has 0 bridgehead atoms. The fourth-order valence-electron chi connectivity index (χ4n) is 2.42. The smallest absolute Gasteiger partial charge is 0.274 e. The van der Waals surface area contributed by atoms with Crippen LogP contribution in [0.15, 0.2) is 36.4 Å². The first-order valence-electron chi connectivity index (χ1n) is 7.55. The minimum Gasteiger partial charge on any atom is -0.330 e. The lowest BCUT2D eigenvalue weighted by Gasteiger charge is -2.21. The van der Waals surface area contributed by atoms with Crippen LogP contribution in [0.4, 0.5) is 0 Å². The molecule has 1 aliphatic rings. The van der Waals surface area contributed by atoms with Crippen molar-refractivity contribution in [2.75, 3.05) is 0 Å². The zero-order chi connectivity index (χ0) is 14.8. The van der Waals surface area contributed by atoms with Gasteiger partial charge in [0.2, 0.25) is 0 Å². The van der Waals surface area contributed by atoms with Crippen LogP contribution in [0.25, 0.3) is 0 Å². The SMILES string of the molecule is CC(C)c1cc(C(=O)N(Cc2ccccc2)C2CC2)n[nH]1.